The van der Waals surface area contributed by atoms with E-state index in [-0.39, 0.29) is 36.1 Å². The largest absolute Gasteiger partial charge is 0.491 e. The van der Waals surface area contributed by atoms with E-state index in [1.54, 1.807) is 0 Å². The lowest BCUT2D eigenvalue weighted by atomic mass is 9.92. The zero-order chi connectivity index (χ0) is 18.8. The molecule has 144 valence electrons. The molecule has 8 heteroatoms. The van der Waals surface area contributed by atoms with E-state index in [1.165, 1.54) is 12.1 Å². The minimum atomic E-state index is -4.44. The Kier molecular flexibility index (Phi) is 5.43. The number of alkyl halides is 3. The third-order valence-corrected chi connectivity index (χ3v) is 5.22. The molecule has 3 rings (SSSR count). The van der Waals surface area contributed by atoms with Gasteiger partial charge in [0.15, 0.2) is 0 Å². The molecule has 1 amide bonds. The highest BCUT2D eigenvalue weighted by atomic mass is 19.4. The summed E-state index contributed by atoms with van der Waals surface area (Å²) in [7, 11) is 0. The summed E-state index contributed by atoms with van der Waals surface area (Å²) < 4.78 is 43.2. The van der Waals surface area contributed by atoms with Gasteiger partial charge in [0.05, 0.1) is 5.56 Å². The van der Waals surface area contributed by atoms with Crippen molar-refractivity contribution in [3.8, 4) is 5.75 Å². The van der Waals surface area contributed by atoms with E-state index in [0.29, 0.717) is 0 Å². The molecule has 1 saturated carbocycles. The number of hydrogen-bond donors (Lipinski definition) is 3. The number of benzene rings is 1. The molecule has 1 spiro atoms. The molecule has 1 aliphatic heterocycles. The van der Waals surface area contributed by atoms with Crippen molar-refractivity contribution in [1.82, 2.24) is 10.6 Å². The second-order valence-electron chi connectivity index (χ2n) is 7.10. The highest BCUT2D eigenvalue weighted by Crippen LogP contribution is 2.58. The van der Waals surface area contributed by atoms with Crippen LogP contribution in [0, 0.1) is 11.3 Å². The minimum Gasteiger partial charge on any atom is -0.491 e. The van der Waals surface area contributed by atoms with Gasteiger partial charge in [-0.05, 0) is 56.0 Å². The Morgan fingerprint density at radius 1 is 1.38 bits per heavy atom. The summed E-state index contributed by atoms with van der Waals surface area (Å²) in [4.78, 5) is 12.2. The summed E-state index contributed by atoms with van der Waals surface area (Å²) in [6.45, 7) is 1.68. The standard InChI is InChI=1S/C18H23F3N2O3/c19-18(20,21)12-2-1-3-14(8-12)26-11-13(24)10-23-16(25)15-9-17(15)4-6-22-7-5-17/h1-3,8,13,15,22,24H,4-7,9-11H2,(H,23,25). The summed E-state index contributed by atoms with van der Waals surface area (Å²) in [6, 6.07) is 4.48. The third kappa shape index (κ3) is 4.48. The van der Waals surface area contributed by atoms with Crippen LogP contribution in [-0.4, -0.2) is 43.4 Å². The summed E-state index contributed by atoms with van der Waals surface area (Å²) in [5.41, 5.74) is -0.687. The van der Waals surface area contributed by atoms with Crippen molar-refractivity contribution in [2.75, 3.05) is 26.2 Å². The number of hydrogen-bond acceptors (Lipinski definition) is 4. The second kappa shape index (κ2) is 7.44. The number of aliphatic hydroxyl groups excluding tert-OH is 1. The molecule has 1 aromatic carbocycles. The Morgan fingerprint density at radius 2 is 2.12 bits per heavy atom. The molecular formula is C18H23F3N2O3. The van der Waals surface area contributed by atoms with Crippen LogP contribution in [0.4, 0.5) is 13.2 Å². The Bertz CT molecular complexity index is 645. The van der Waals surface area contributed by atoms with Crippen LogP contribution in [0.2, 0.25) is 0 Å². The minimum absolute atomic E-state index is 0.00110. The van der Waals surface area contributed by atoms with Crippen LogP contribution < -0.4 is 15.4 Å². The van der Waals surface area contributed by atoms with Crippen molar-refractivity contribution < 1.29 is 27.8 Å². The SMILES string of the molecule is O=C(NCC(O)COc1cccc(C(F)(F)F)c1)C1CC12CCNCC2. The summed E-state index contributed by atoms with van der Waals surface area (Å²) in [5, 5.41) is 15.9. The van der Waals surface area contributed by atoms with E-state index < -0.39 is 17.8 Å². The molecule has 2 unspecified atom stereocenters. The topological polar surface area (TPSA) is 70.6 Å². The van der Waals surface area contributed by atoms with Gasteiger partial charge in [0, 0.05) is 12.5 Å². The van der Waals surface area contributed by atoms with Crippen LogP contribution in [-0.2, 0) is 11.0 Å². The van der Waals surface area contributed by atoms with Crippen LogP contribution >= 0.6 is 0 Å². The monoisotopic (exact) mass is 372 g/mol. The number of nitrogens with one attached hydrogen (secondary N) is 2. The van der Waals surface area contributed by atoms with Crippen LogP contribution in [0.15, 0.2) is 24.3 Å². The molecular weight excluding hydrogens is 349 g/mol. The quantitative estimate of drug-likeness (QED) is 0.714. The van der Waals surface area contributed by atoms with E-state index in [0.717, 1.165) is 44.5 Å². The summed E-state index contributed by atoms with van der Waals surface area (Å²) in [6.07, 6.45) is -2.56. The van der Waals surface area contributed by atoms with Gasteiger partial charge in [-0.25, -0.2) is 0 Å². The Hall–Kier alpha value is -1.80. The maximum atomic E-state index is 12.7. The highest BCUT2D eigenvalue weighted by molar-refractivity contribution is 5.82. The van der Waals surface area contributed by atoms with Gasteiger partial charge in [0.2, 0.25) is 5.91 Å². The average molecular weight is 372 g/mol. The molecule has 1 heterocycles. The molecule has 3 N–H and O–H groups in total. The van der Waals surface area contributed by atoms with Gasteiger partial charge in [0.1, 0.15) is 18.5 Å². The smallest absolute Gasteiger partial charge is 0.416 e. The lowest BCUT2D eigenvalue weighted by molar-refractivity contribution is -0.137. The van der Waals surface area contributed by atoms with E-state index in [2.05, 4.69) is 10.6 Å². The van der Waals surface area contributed by atoms with Gasteiger partial charge in [0.25, 0.3) is 0 Å². The van der Waals surface area contributed by atoms with E-state index in [1.807, 2.05) is 0 Å². The van der Waals surface area contributed by atoms with Crippen LogP contribution in [0.3, 0.4) is 0 Å². The van der Waals surface area contributed by atoms with Gasteiger partial charge in [-0.2, -0.15) is 13.2 Å². The molecule has 2 fully saturated rings. The van der Waals surface area contributed by atoms with E-state index >= 15 is 0 Å². The average Bonchev–Trinajstić information content (AvgIpc) is 3.31. The lowest BCUT2D eigenvalue weighted by Crippen LogP contribution is -2.38. The van der Waals surface area contributed by atoms with Crippen molar-refractivity contribution in [2.45, 2.75) is 31.5 Å². The van der Waals surface area contributed by atoms with Crippen LogP contribution in [0.5, 0.6) is 5.75 Å². The first-order chi connectivity index (χ1) is 12.3. The van der Waals surface area contributed by atoms with E-state index in [9.17, 15) is 23.1 Å². The number of piperidine rings is 1. The Morgan fingerprint density at radius 3 is 2.81 bits per heavy atom. The Balaban J connectivity index is 1.41. The molecule has 2 atom stereocenters. The molecule has 5 nitrogen and oxygen atoms in total. The zero-order valence-corrected chi connectivity index (χ0v) is 14.3. The van der Waals surface area contributed by atoms with Gasteiger partial charge in [-0.15, -0.1) is 0 Å². The van der Waals surface area contributed by atoms with Gasteiger partial charge >= 0.3 is 6.18 Å². The number of halogens is 3. The molecule has 1 saturated heterocycles. The first-order valence-corrected chi connectivity index (χ1v) is 8.77. The highest BCUT2D eigenvalue weighted by Gasteiger charge is 2.57. The fourth-order valence-electron chi connectivity index (χ4n) is 3.55. The molecule has 1 aliphatic carbocycles. The number of amides is 1. The molecule has 0 bridgehead atoms. The van der Waals surface area contributed by atoms with Crippen LogP contribution in [0.25, 0.3) is 0 Å². The molecule has 26 heavy (non-hydrogen) atoms. The number of aliphatic hydroxyl groups is 1. The molecule has 1 aromatic rings. The fraction of sp³-hybridized carbons (Fsp3) is 0.611. The fourth-order valence-corrected chi connectivity index (χ4v) is 3.55. The zero-order valence-electron chi connectivity index (χ0n) is 14.3. The maximum absolute atomic E-state index is 12.7. The lowest BCUT2D eigenvalue weighted by Gasteiger charge is -2.23. The summed E-state index contributed by atoms with van der Waals surface area (Å²) in [5.74, 6) is -0.0349. The Labute approximate surface area is 149 Å². The number of carbonyl (C=O) groups is 1. The maximum Gasteiger partial charge on any atom is 0.416 e. The second-order valence-corrected chi connectivity index (χ2v) is 7.10. The number of rotatable bonds is 6. The van der Waals surface area contributed by atoms with Crippen molar-refractivity contribution in [3.63, 3.8) is 0 Å². The first-order valence-electron chi connectivity index (χ1n) is 8.77. The van der Waals surface area contributed by atoms with Crippen LogP contribution in [0.1, 0.15) is 24.8 Å². The first kappa shape index (κ1) is 19.0. The van der Waals surface area contributed by atoms with Crippen molar-refractivity contribution in [1.29, 1.82) is 0 Å². The van der Waals surface area contributed by atoms with Crippen molar-refractivity contribution in [2.24, 2.45) is 11.3 Å². The van der Waals surface area contributed by atoms with Gasteiger partial charge in [-0.3, -0.25) is 4.79 Å². The van der Waals surface area contributed by atoms with Crippen molar-refractivity contribution >= 4 is 5.91 Å². The molecule has 2 aliphatic rings. The predicted octanol–water partition coefficient (Wildman–Crippen LogP) is 1.95. The third-order valence-electron chi connectivity index (χ3n) is 5.22. The van der Waals surface area contributed by atoms with Crippen molar-refractivity contribution in [3.05, 3.63) is 29.8 Å². The molecule has 0 radical (unpaired) electrons. The van der Waals surface area contributed by atoms with E-state index in [4.69, 9.17) is 4.74 Å². The molecule has 0 aromatic heterocycles. The number of ether oxygens (including phenoxy) is 1. The number of carbonyl (C=O) groups excluding carboxylic acids is 1. The van der Waals surface area contributed by atoms with Gasteiger partial charge in [-0.1, -0.05) is 6.07 Å². The predicted molar refractivity (Wildman–Crippen MR) is 88.6 cm³/mol. The summed E-state index contributed by atoms with van der Waals surface area (Å²) >= 11 is 0. The normalized spacial score (nSPS) is 22.7. The van der Waals surface area contributed by atoms with Gasteiger partial charge < -0.3 is 20.5 Å².